The van der Waals surface area contributed by atoms with Gasteiger partial charge in [0.15, 0.2) is 5.78 Å². The minimum absolute atomic E-state index is 0.00527. The van der Waals surface area contributed by atoms with Crippen LogP contribution in [0.4, 0.5) is 4.39 Å². The number of alkyl halides is 1. The van der Waals surface area contributed by atoms with Gasteiger partial charge in [0.05, 0.1) is 24.7 Å². The number of Topliss-reactive ketones (excluding diaryl/α,β-unsaturated/α-hetero) is 1. The number of carbonyl (C=O) groups excluding carboxylic acids is 2. The van der Waals surface area contributed by atoms with E-state index in [1.807, 2.05) is 30.3 Å². The Kier molecular flexibility index (Phi) is 5.98. The maximum atomic E-state index is 14.3. The standard InChI is InChI=1S/C28H26FN3O3/c1-28(29)15-21(16-30)32(17-28)27(34)9-8-25(33)22-10-11-31-24-7-6-19(13-23(22)24)20-5-4-18-3-2-12-35-26(18)14-20/h4-7,10-11,13-14,21H,2-3,8-9,12,15,17H2,1H3/t21-,28?/m0/s1. The lowest BCUT2D eigenvalue weighted by molar-refractivity contribution is -0.131. The van der Waals surface area contributed by atoms with Crippen LogP contribution in [0.5, 0.6) is 5.75 Å². The van der Waals surface area contributed by atoms with Crippen LogP contribution in [0, 0.1) is 11.3 Å². The van der Waals surface area contributed by atoms with Crippen LogP contribution >= 0.6 is 0 Å². The monoisotopic (exact) mass is 471 g/mol. The number of halogens is 1. The van der Waals surface area contributed by atoms with E-state index in [1.54, 1.807) is 12.3 Å². The summed E-state index contributed by atoms with van der Waals surface area (Å²) in [5.74, 6) is 0.337. The molecule has 1 amide bonds. The molecule has 7 heteroatoms. The van der Waals surface area contributed by atoms with E-state index in [0.717, 1.165) is 29.7 Å². The van der Waals surface area contributed by atoms with Crippen molar-refractivity contribution in [2.24, 2.45) is 0 Å². The number of nitrogens with zero attached hydrogens (tertiary/aromatic N) is 3. The van der Waals surface area contributed by atoms with Gasteiger partial charge in [-0.1, -0.05) is 18.2 Å². The van der Waals surface area contributed by atoms with Gasteiger partial charge >= 0.3 is 0 Å². The quantitative estimate of drug-likeness (QED) is 0.487. The van der Waals surface area contributed by atoms with Crippen LogP contribution in [0.3, 0.4) is 0 Å². The third-order valence-corrected chi connectivity index (χ3v) is 6.82. The Hall–Kier alpha value is -3.79. The molecule has 0 N–H and O–H groups in total. The van der Waals surface area contributed by atoms with Crippen molar-refractivity contribution in [2.45, 2.75) is 50.7 Å². The lowest BCUT2D eigenvalue weighted by Crippen LogP contribution is -2.36. The zero-order valence-electron chi connectivity index (χ0n) is 19.6. The molecule has 6 nitrogen and oxygen atoms in total. The van der Waals surface area contributed by atoms with Crippen LogP contribution in [0.1, 0.15) is 48.5 Å². The average molecular weight is 472 g/mol. The molecule has 1 aromatic heterocycles. The molecule has 0 spiro atoms. The first-order chi connectivity index (χ1) is 16.8. The number of rotatable bonds is 5. The number of hydrogen-bond donors (Lipinski definition) is 0. The normalized spacial score (nSPS) is 21.3. The molecule has 1 fully saturated rings. The first kappa shape index (κ1) is 23.0. The number of nitriles is 1. The Morgan fingerprint density at radius 2 is 2.00 bits per heavy atom. The molecule has 2 aromatic carbocycles. The van der Waals surface area contributed by atoms with Gasteiger partial charge < -0.3 is 9.64 Å². The van der Waals surface area contributed by atoms with Crippen molar-refractivity contribution >= 4 is 22.6 Å². The Bertz CT molecular complexity index is 1360. The fourth-order valence-electron chi connectivity index (χ4n) is 5.01. The van der Waals surface area contributed by atoms with Gasteiger partial charge in [0.1, 0.15) is 17.5 Å². The number of fused-ring (bicyclic) bond motifs is 2. The van der Waals surface area contributed by atoms with Gasteiger partial charge in [-0.15, -0.1) is 0 Å². The SMILES string of the molecule is CC1(F)C[C@@H](C#N)N(C(=O)CCC(=O)c2ccnc3ccc(-c4ccc5c(c4)OCCC5)cc23)C1. The second-order valence-electron chi connectivity index (χ2n) is 9.57. The number of ether oxygens (including phenoxy) is 1. The third-order valence-electron chi connectivity index (χ3n) is 6.82. The van der Waals surface area contributed by atoms with Crippen LogP contribution in [0.2, 0.25) is 0 Å². The minimum atomic E-state index is -1.58. The lowest BCUT2D eigenvalue weighted by atomic mass is 9.96. The number of likely N-dealkylation sites (tertiary alicyclic amines) is 1. The van der Waals surface area contributed by atoms with Crippen molar-refractivity contribution in [2.75, 3.05) is 13.2 Å². The van der Waals surface area contributed by atoms with E-state index in [0.29, 0.717) is 23.1 Å². The second kappa shape index (κ2) is 9.10. The predicted octanol–water partition coefficient (Wildman–Crippen LogP) is 5.04. The van der Waals surface area contributed by atoms with Crippen LogP contribution < -0.4 is 4.74 Å². The minimum Gasteiger partial charge on any atom is -0.493 e. The van der Waals surface area contributed by atoms with Gasteiger partial charge in [0.2, 0.25) is 5.91 Å². The number of aryl methyl sites for hydroxylation is 1. The van der Waals surface area contributed by atoms with E-state index in [9.17, 15) is 19.2 Å². The van der Waals surface area contributed by atoms with Gasteiger partial charge in [0.25, 0.3) is 0 Å². The van der Waals surface area contributed by atoms with E-state index < -0.39 is 11.7 Å². The molecule has 2 atom stereocenters. The number of carbonyl (C=O) groups is 2. The molecule has 0 aliphatic carbocycles. The Balaban J connectivity index is 1.37. The summed E-state index contributed by atoms with van der Waals surface area (Å²) in [6, 6.07) is 14.9. The van der Waals surface area contributed by atoms with Gasteiger partial charge in [0, 0.05) is 36.4 Å². The zero-order valence-corrected chi connectivity index (χ0v) is 19.6. The lowest BCUT2D eigenvalue weighted by Gasteiger charge is -2.19. The number of benzene rings is 2. The van der Waals surface area contributed by atoms with E-state index in [1.165, 1.54) is 17.4 Å². The highest BCUT2D eigenvalue weighted by molar-refractivity contribution is 6.08. The molecule has 1 unspecified atom stereocenters. The maximum Gasteiger partial charge on any atom is 0.224 e. The first-order valence-electron chi connectivity index (χ1n) is 11.9. The molecular weight excluding hydrogens is 445 g/mol. The summed E-state index contributed by atoms with van der Waals surface area (Å²) in [6.07, 6.45) is 3.51. The van der Waals surface area contributed by atoms with Crippen molar-refractivity contribution < 1.29 is 18.7 Å². The largest absolute Gasteiger partial charge is 0.493 e. The second-order valence-corrected chi connectivity index (χ2v) is 9.57. The fraction of sp³-hybridized carbons (Fsp3) is 0.357. The Labute approximate surface area is 203 Å². The van der Waals surface area contributed by atoms with Gasteiger partial charge in [-0.3, -0.25) is 14.6 Å². The Morgan fingerprint density at radius 3 is 2.83 bits per heavy atom. The smallest absolute Gasteiger partial charge is 0.224 e. The summed E-state index contributed by atoms with van der Waals surface area (Å²) in [7, 11) is 0. The van der Waals surface area contributed by atoms with Crippen LogP contribution in [0.15, 0.2) is 48.7 Å². The molecule has 1 saturated heterocycles. The molecule has 35 heavy (non-hydrogen) atoms. The topological polar surface area (TPSA) is 83.3 Å². The van der Waals surface area contributed by atoms with Crippen LogP contribution in [-0.4, -0.2) is 46.4 Å². The summed E-state index contributed by atoms with van der Waals surface area (Å²) < 4.78 is 20.2. The summed E-state index contributed by atoms with van der Waals surface area (Å²) in [5.41, 5.74) is 2.75. The summed E-state index contributed by atoms with van der Waals surface area (Å²) in [4.78, 5) is 31.5. The number of aromatic nitrogens is 1. The molecule has 0 saturated carbocycles. The number of ketones is 1. The summed E-state index contributed by atoms with van der Waals surface area (Å²) >= 11 is 0. The third kappa shape index (κ3) is 4.61. The molecule has 2 aliphatic rings. The molecule has 2 aliphatic heterocycles. The molecule has 178 valence electrons. The highest BCUT2D eigenvalue weighted by atomic mass is 19.1. The molecular formula is C28H26FN3O3. The fourth-order valence-corrected chi connectivity index (χ4v) is 5.01. The van der Waals surface area contributed by atoms with Gasteiger partial charge in [-0.05, 0) is 60.7 Å². The van der Waals surface area contributed by atoms with E-state index >= 15 is 0 Å². The predicted molar refractivity (Wildman–Crippen MR) is 130 cm³/mol. The molecule has 3 heterocycles. The van der Waals surface area contributed by atoms with E-state index in [2.05, 4.69) is 17.1 Å². The first-order valence-corrected chi connectivity index (χ1v) is 11.9. The van der Waals surface area contributed by atoms with Crippen molar-refractivity contribution in [3.8, 4) is 22.9 Å². The van der Waals surface area contributed by atoms with Gasteiger partial charge in [-0.2, -0.15) is 5.26 Å². The number of amides is 1. The summed E-state index contributed by atoms with van der Waals surface area (Å²) in [6.45, 7) is 1.99. The zero-order chi connectivity index (χ0) is 24.6. The maximum absolute atomic E-state index is 14.3. The molecule has 5 rings (SSSR count). The number of hydrogen-bond acceptors (Lipinski definition) is 5. The highest BCUT2D eigenvalue weighted by Gasteiger charge is 2.43. The number of pyridine rings is 1. The molecule has 3 aromatic rings. The Morgan fingerprint density at radius 1 is 1.20 bits per heavy atom. The van der Waals surface area contributed by atoms with Gasteiger partial charge in [-0.25, -0.2) is 4.39 Å². The van der Waals surface area contributed by atoms with Crippen molar-refractivity contribution in [1.29, 1.82) is 5.26 Å². The van der Waals surface area contributed by atoms with Crippen LogP contribution in [-0.2, 0) is 11.2 Å². The molecule has 0 radical (unpaired) electrons. The summed E-state index contributed by atoms with van der Waals surface area (Å²) in [5, 5.41) is 10.0. The van der Waals surface area contributed by atoms with Crippen LogP contribution in [0.25, 0.3) is 22.0 Å². The van der Waals surface area contributed by atoms with Crippen molar-refractivity contribution in [1.82, 2.24) is 9.88 Å². The van der Waals surface area contributed by atoms with Crippen molar-refractivity contribution in [3.05, 3.63) is 59.8 Å². The van der Waals surface area contributed by atoms with E-state index in [-0.39, 0.29) is 37.5 Å². The van der Waals surface area contributed by atoms with E-state index in [4.69, 9.17) is 4.74 Å². The van der Waals surface area contributed by atoms with Crippen molar-refractivity contribution in [3.63, 3.8) is 0 Å². The average Bonchev–Trinajstić information content (AvgIpc) is 3.20. The molecule has 0 bridgehead atoms. The highest BCUT2D eigenvalue weighted by Crippen LogP contribution is 2.33.